The number of fused-ring (bicyclic) bond motifs is 1. The molecular weight excluding hydrogens is 499 g/mol. The van der Waals surface area contributed by atoms with Crippen molar-refractivity contribution in [3.63, 3.8) is 0 Å². The van der Waals surface area contributed by atoms with Gasteiger partial charge in [-0.25, -0.2) is 17.9 Å². The molecule has 1 amide bonds. The van der Waals surface area contributed by atoms with Crippen molar-refractivity contribution in [1.29, 1.82) is 0 Å². The molecule has 2 aliphatic rings. The normalized spacial score (nSPS) is 19.5. The number of aromatic nitrogens is 4. The molecule has 11 heteroatoms. The first-order chi connectivity index (χ1) is 18.4. The van der Waals surface area contributed by atoms with E-state index in [2.05, 4.69) is 15.5 Å². The Kier molecular flexibility index (Phi) is 6.28. The van der Waals surface area contributed by atoms with Crippen molar-refractivity contribution in [1.82, 2.24) is 25.3 Å². The van der Waals surface area contributed by atoms with Gasteiger partial charge in [-0.2, -0.15) is 5.10 Å². The number of benzene rings is 2. The number of nitrogens with one attached hydrogen (secondary N) is 1. The first-order valence-corrected chi connectivity index (χ1v) is 12.2. The highest BCUT2D eigenvalue weighted by molar-refractivity contribution is 5.97. The molecule has 1 N–H and O–H groups in total. The monoisotopic (exact) mass is 521 g/mol. The predicted molar refractivity (Wildman–Crippen MR) is 130 cm³/mol. The molecule has 194 valence electrons. The summed E-state index contributed by atoms with van der Waals surface area (Å²) in [4.78, 5) is 12.6. The molecule has 8 nitrogen and oxygen atoms in total. The smallest absolute Gasteiger partial charge is 0.252 e. The van der Waals surface area contributed by atoms with Gasteiger partial charge in [0, 0.05) is 41.9 Å². The first-order valence-electron chi connectivity index (χ1n) is 12.2. The summed E-state index contributed by atoms with van der Waals surface area (Å²) in [6.07, 6.45) is 5.86. The van der Waals surface area contributed by atoms with Crippen LogP contribution in [-0.4, -0.2) is 32.5 Å². The van der Waals surface area contributed by atoms with E-state index >= 15 is 0 Å². The maximum atomic E-state index is 14.5. The fraction of sp³-hybridized carbons (Fsp3) is 0.259. The standard InChI is InChI=1S/C27H22F3N5O3/c28-16-6-4-15(5-7-16)27-33-32-24(38-27)9-8-18-13-23(34-35(18)25-3-1-2-10-37-25)22-14-19-20(26(36)31-22)11-17(29)12-21(19)30/h4-9,11-13,22,25H,1-3,10,14H2,(H,31,36)/b9-8+. The predicted octanol–water partition coefficient (Wildman–Crippen LogP) is 5.25. The van der Waals surface area contributed by atoms with Crippen LogP contribution in [0, 0.1) is 17.5 Å². The molecule has 0 bridgehead atoms. The Hall–Kier alpha value is -4.25. The van der Waals surface area contributed by atoms with Gasteiger partial charge in [0.1, 0.15) is 17.5 Å². The van der Waals surface area contributed by atoms with Crippen LogP contribution in [0.15, 0.2) is 46.9 Å². The molecule has 6 rings (SSSR count). The minimum Gasteiger partial charge on any atom is -0.417 e. The zero-order chi connectivity index (χ0) is 26.2. The summed E-state index contributed by atoms with van der Waals surface area (Å²) in [6.45, 7) is 0.595. The van der Waals surface area contributed by atoms with E-state index in [1.54, 1.807) is 35.0 Å². The molecular formula is C27H22F3N5O3. The van der Waals surface area contributed by atoms with Crippen LogP contribution >= 0.6 is 0 Å². The van der Waals surface area contributed by atoms with Crippen molar-refractivity contribution in [3.8, 4) is 11.5 Å². The zero-order valence-corrected chi connectivity index (χ0v) is 20.0. The number of halogens is 3. The largest absolute Gasteiger partial charge is 0.417 e. The zero-order valence-electron chi connectivity index (χ0n) is 20.0. The molecule has 2 aromatic carbocycles. The van der Waals surface area contributed by atoms with Gasteiger partial charge in [0.05, 0.1) is 17.4 Å². The van der Waals surface area contributed by atoms with Crippen LogP contribution < -0.4 is 5.32 Å². The minimum absolute atomic E-state index is 0.0118. The minimum atomic E-state index is -0.801. The van der Waals surface area contributed by atoms with Crippen LogP contribution in [-0.2, 0) is 11.2 Å². The lowest BCUT2D eigenvalue weighted by molar-refractivity contribution is -0.0401. The van der Waals surface area contributed by atoms with Gasteiger partial charge in [-0.15, -0.1) is 10.2 Å². The topological polar surface area (TPSA) is 95.1 Å². The van der Waals surface area contributed by atoms with Crippen molar-refractivity contribution < 1.29 is 27.1 Å². The van der Waals surface area contributed by atoms with Crippen LogP contribution in [0.4, 0.5) is 13.2 Å². The van der Waals surface area contributed by atoms with E-state index in [1.165, 1.54) is 12.1 Å². The van der Waals surface area contributed by atoms with Gasteiger partial charge < -0.3 is 14.5 Å². The number of rotatable bonds is 5. The summed E-state index contributed by atoms with van der Waals surface area (Å²) in [5.74, 6) is -2.01. The third kappa shape index (κ3) is 4.72. The number of ether oxygens (including phenoxy) is 1. The Morgan fingerprint density at radius 3 is 2.63 bits per heavy atom. The molecule has 4 aromatic rings. The lowest BCUT2D eigenvalue weighted by Crippen LogP contribution is -2.36. The molecule has 0 saturated carbocycles. The number of nitrogens with zero attached hydrogens (tertiary/aromatic N) is 4. The quantitative estimate of drug-likeness (QED) is 0.386. The second-order valence-electron chi connectivity index (χ2n) is 9.19. The number of carbonyl (C=O) groups is 1. The van der Waals surface area contributed by atoms with Crippen molar-refractivity contribution in [2.24, 2.45) is 0 Å². The van der Waals surface area contributed by atoms with E-state index in [1.807, 2.05) is 0 Å². The first kappa shape index (κ1) is 24.1. The average Bonchev–Trinajstić information content (AvgIpc) is 3.56. The van der Waals surface area contributed by atoms with Crippen molar-refractivity contribution in [3.05, 3.63) is 88.3 Å². The number of carbonyl (C=O) groups excluding carboxylic acids is 1. The van der Waals surface area contributed by atoms with Gasteiger partial charge in [-0.3, -0.25) is 4.79 Å². The molecule has 0 spiro atoms. The third-order valence-corrected chi connectivity index (χ3v) is 6.62. The Morgan fingerprint density at radius 1 is 1.00 bits per heavy atom. The second-order valence-corrected chi connectivity index (χ2v) is 9.19. The van der Waals surface area contributed by atoms with Crippen LogP contribution in [0.2, 0.25) is 0 Å². The summed E-state index contributed by atoms with van der Waals surface area (Å²) < 4.78 is 54.7. The Labute approximate surface area is 215 Å². The summed E-state index contributed by atoms with van der Waals surface area (Å²) in [5, 5.41) is 15.6. The third-order valence-electron chi connectivity index (χ3n) is 6.62. The number of hydrogen-bond acceptors (Lipinski definition) is 6. The van der Waals surface area contributed by atoms with E-state index < -0.39 is 23.6 Å². The Balaban J connectivity index is 1.30. The molecule has 1 fully saturated rings. The van der Waals surface area contributed by atoms with Crippen molar-refractivity contribution >= 4 is 18.1 Å². The van der Waals surface area contributed by atoms with E-state index in [0.29, 0.717) is 23.6 Å². The molecule has 38 heavy (non-hydrogen) atoms. The van der Waals surface area contributed by atoms with Gasteiger partial charge in [-0.05, 0) is 61.7 Å². The van der Waals surface area contributed by atoms with Crippen LogP contribution in [0.3, 0.4) is 0 Å². The average molecular weight is 521 g/mol. The van der Waals surface area contributed by atoms with Crippen LogP contribution in [0.25, 0.3) is 23.6 Å². The lowest BCUT2D eigenvalue weighted by atomic mass is 9.93. The highest BCUT2D eigenvalue weighted by atomic mass is 19.1. The molecule has 0 aliphatic carbocycles. The van der Waals surface area contributed by atoms with Crippen LogP contribution in [0.5, 0.6) is 0 Å². The van der Waals surface area contributed by atoms with Gasteiger partial charge >= 0.3 is 0 Å². The fourth-order valence-electron chi connectivity index (χ4n) is 4.72. The molecule has 1 saturated heterocycles. The molecule has 2 aliphatic heterocycles. The van der Waals surface area contributed by atoms with Crippen LogP contribution in [0.1, 0.15) is 64.7 Å². The molecule has 0 radical (unpaired) electrons. The van der Waals surface area contributed by atoms with Gasteiger partial charge in [-0.1, -0.05) is 0 Å². The van der Waals surface area contributed by atoms with E-state index in [-0.39, 0.29) is 41.4 Å². The molecule has 4 heterocycles. The lowest BCUT2D eigenvalue weighted by Gasteiger charge is -2.25. The Bertz CT molecular complexity index is 1520. The number of hydrogen-bond donors (Lipinski definition) is 1. The maximum Gasteiger partial charge on any atom is 0.252 e. The van der Waals surface area contributed by atoms with Gasteiger partial charge in [0.15, 0.2) is 6.23 Å². The summed E-state index contributed by atoms with van der Waals surface area (Å²) in [7, 11) is 0. The van der Waals surface area contributed by atoms with E-state index in [9.17, 15) is 18.0 Å². The second kappa shape index (κ2) is 9.90. The van der Waals surface area contributed by atoms with Gasteiger partial charge in [0.2, 0.25) is 11.8 Å². The summed E-state index contributed by atoms with van der Waals surface area (Å²) in [6, 6.07) is 8.70. The van der Waals surface area contributed by atoms with Gasteiger partial charge in [0.25, 0.3) is 5.91 Å². The molecule has 2 atom stereocenters. The highest BCUT2D eigenvalue weighted by Gasteiger charge is 2.31. The molecule has 2 unspecified atom stereocenters. The Morgan fingerprint density at radius 2 is 1.84 bits per heavy atom. The highest BCUT2D eigenvalue weighted by Crippen LogP contribution is 2.31. The van der Waals surface area contributed by atoms with E-state index in [0.717, 1.165) is 31.4 Å². The number of amides is 1. The summed E-state index contributed by atoms with van der Waals surface area (Å²) >= 11 is 0. The van der Waals surface area contributed by atoms with E-state index in [4.69, 9.17) is 14.3 Å². The molecule has 2 aromatic heterocycles. The SMILES string of the molecule is O=C1NC(c2cc(/C=C/c3nnc(-c4ccc(F)cc4)o3)n(C3CCCCO3)n2)Cc2c(F)cc(F)cc21. The van der Waals surface area contributed by atoms with Crippen molar-refractivity contribution in [2.75, 3.05) is 6.61 Å². The fourth-order valence-corrected chi connectivity index (χ4v) is 4.72. The van der Waals surface area contributed by atoms with Crippen molar-refractivity contribution in [2.45, 2.75) is 38.0 Å². The maximum absolute atomic E-state index is 14.5. The summed E-state index contributed by atoms with van der Waals surface area (Å²) in [5.41, 5.74) is 1.90.